The van der Waals surface area contributed by atoms with Crippen LogP contribution >= 0.6 is 0 Å². The zero-order chi connectivity index (χ0) is 20.8. The van der Waals surface area contributed by atoms with Gasteiger partial charge in [0.1, 0.15) is 0 Å². The van der Waals surface area contributed by atoms with Crippen molar-refractivity contribution in [3.8, 4) is 0 Å². The van der Waals surface area contributed by atoms with Gasteiger partial charge in [-0.3, -0.25) is 19.4 Å². The van der Waals surface area contributed by atoms with Gasteiger partial charge >= 0.3 is 0 Å². The van der Waals surface area contributed by atoms with E-state index in [-0.39, 0.29) is 17.7 Å². The van der Waals surface area contributed by atoms with Crippen molar-refractivity contribution in [3.05, 3.63) is 65.7 Å². The van der Waals surface area contributed by atoms with Crippen molar-refractivity contribution in [1.29, 1.82) is 0 Å². The van der Waals surface area contributed by atoms with Crippen LogP contribution in [0.3, 0.4) is 0 Å². The van der Waals surface area contributed by atoms with Crippen LogP contribution in [0.5, 0.6) is 0 Å². The van der Waals surface area contributed by atoms with Gasteiger partial charge in [0.05, 0.1) is 0 Å². The number of benzene rings is 2. The molecule has 1 saturated heterocycles. The number of piperazine rings is 1. The molecule has 6 heteroatoms. The van der Waals surface area contributed by atoms with Gasteiger partial charge in [0.2, 0.25) is 5.91 Å². The van der Waals surface area contributed by atoms with Crippen molar-refractivity contribution in [2.45, 2.75) is 19.4 Å². The molecule has 2 amide bonds. The Kier molecular flexibility index (Phi) is 6.77. The molecule has 2 aromatic carbocycles. The number of amides is 2. The van der Waals surface area contributed by atoms with Gasteiger partial charge in [0, 0.05) is 63.0 Å². The van der Waals surface area contributed by atoms with Gasteiger partial charge in [-0.05, 0) is 42.7 Å². The van der Waals surface area contributed by atoms with Crippen LogP contribution in [0.15, 0.2) is 54.6 Å². The summed E-state index contributed by atoms with van der Waals surface area (Å²) in [5.74, 6) is 0.182. The highest BCUT2D eigenvalue weighted by atomic mass is 16.2. The van der Waals surface area contributed by atoms with Crippen molar-refractivity contribution >= 4 is 17.5 Å². The molecule has 2 fully saturated rings. The molecular weight excluding hydrogens is 376 g/mol. The monoisotopic (exact) mass is 406 g/mol. The Morgan fingerprint density at radius 2 is 1.53 bits per heavy atom. The van der Waals surface area contributed by atoms with Crippen LogP contribution in [0, 0.1) is 5.92 Å². The van der Waals surface area contributed by atoms with Crippen molar-refractivity contribution in [2.24, 2.45) is 5.92 Å². The summed E-state index contributed by atoms with van der Waals surface area (Å²) in [6.07, 6.45) is 1.96. The average molecular weight is 407 g/mol. The number of rotatable bonds is 8. The van der Waals surface area contributed by atoms with E-state index in [9.17, 15) is 9.59 Å². The summed E-state index contributed by atoms with van der Waals surface area (Å²) in [4.78, 5) is 29.0. The predicted octanol–water partition coefficient (Wildman–Crippen LogP) is 2.58. The van der Waals surface area contributed by atoms with Crippen LogP contribution < -0.4 is 10.6 Å². The second-order valence-corrected chi connectivity index (χ2v) is 8.20. The third-order valence-corrected chi connectivity index (χ3v) is 5.79. The Hall–Kier alpha value is -2.70. The normalized spacial score (nSPS) is 17.5. The quantitative estimate of drug-likeness (QED) is 0.707. The minimum atomic E-state index is -0.0715. The van der Waals surface area contributed by atoms with Crippen LogP contribution in [-0.4, -0.2) is 60.9 Å². The summed E-state index contributed by atoms with van der Waals surface area (Å²) < 4.78 is 0. The Morgan fingerprint density at radius 1 is 0.867 bits per heavy atom. The standard InChI is InChI=1S/C24H30N4O2/c29-23(20-8-10-22(11-9-20)26-24(30)21-6-7-21)25-12-13-27-14-16-28(17-15-27)18-19-4-2-1-3-5-19/h1-5,8-11,21H,6-7,12-18H2,(H,25,29)(H,26,30). The van der Waals surface area contributed by atoms with E-state index in [1.54, 1.807) is 24.3 Å². The molecule has 1 aliphatic carbocycles. The number of carbonyl (C=O) groups is 2. The lowest BCUT2D eigenvalue weighted by atomic mass is 10.2. The van der Waals surface area contributed by atoms with Crippen molar-refractivity contribution in [2.75, 3.05) is 44.6 Å². The summed E-state index contributed by atoms with van der Waals surface area (Å²) >= 11 is 0. The molecule has 6 nitrogen and oxygen atoms in total. The molecule has 2 aromatic rings. The van der Waals surface area contributed by atoms with Crippen LogP contribution in [0.25, 0.3) is 0 Å². The minimum absolute atomic E-state index is 0.0715. The highest BCUT2D eigenvalue weighted by Gasteiger charge is 2.29. The maximum Gasteiger partial charge on any atom is 0.251 e. The van der Waals surface area contributed by atoms with E-state index < -0.39 is 0 Å². The smallest absolute Gasteiger partial charge is 0.251 e. The summed E-state index contributed by atoms with van der Waals surface area (Å²) in [6, 6.07) is 17.7. The molecular formula is C24H30N4O2. The maximum absolute atomic E-state index is 12.4. The molecule has 1 aliphatic heterocycles. The van der Waals surface area contributed by atoms with Crippen molar-refractivity contribution in [3.63, 3.8) is 0 Å². The van der Waals surface area contributed by atoms with Crippen LogP contribution in [0.4, 0.5) is 5.69 Å². The maximum atomic E-state index is 12.4. The first kappa shape index (κ1) is 20.6. The first-order chi connectivity index (χ1) is 14.7. The van der Waals surface area contributed by atoms with Crippen LogP contribution in [0.1, 0.15) is 28.8 Å². The first-order valence-corrected chi connectivity index (χ1v) is 10.8. The highest BCUT2D eigenvalue weighted by Crippen LogP contribution is 2.30. The fourth-order valence-electron chi connectivity index (χ4n) is 3.74. The van der Waals surface area contributed by atoms with E-state index in [1.807, 2.05) is 0 Å². The molecule has 4 rings (SSSR count). The zero-order valence-electron chi connectivity index (χ0n) is 17.3. The summed E-state index contributed by atoms with van der Waals surface area (Å²) in [6.45, 7) is 6.66. The fourth-order valence-corrected chi connectivity index (χ4v) is 3.74. The van der Waals surface area contributed by atoms with E-state index in [1.165, 1.54) is 5.56 Å². The van der Waals surface area contributed by atoms with Gasteiger partial charge in [-0.15, -0.1) is 0 Å². The predicted molar refractivity (Wildman–Crippen MR) is 118 cm³/mol. The average Bonchev–Trinajstić information content (AvgIpc) is 3.62. The Bertz CT molecular complexity index is 841. The topological polar surface area (TPSA) is 64.7 Å². The van der Waals surface area contributed by atoms with E-state index in [0.29, 0.717) is 12.1 Å². The summed E-state index contributed by atoms with van der Waals surface area (Å²) in [5, 5.41) is 5.90. The van der Waals surface area contributed by atoms with Gasteiger partial charge in [-0.1, -0.05) is 30.3 Å². The zero-order valence-corrected chi connectivity index (χ0v) is 17.3. The van der Waals surface area contributed by atoms with Crippen LogP contribution in [-0.2, 0) is 11.3 Å². The van der Waals surface area contributed by atoms with E-state index in [0.717, 1.165) is 57.8 Å². The van der Waals surface area contributed by atoms with Crippen LogP contribution in [0.2, 0.25) is 0 Å². The molecule has 0 spiro atoms. The number of nitrogens with zero attached hydrogens (tertiary/aromatic N) is 2. The highest BCUT2D eigenvalue weighted by molar-refractivity contribution is 5.96. The SMILES string of the molecule is O=C(NCCN1CCN(Cc2ccccc2)CC1)c1ccc(NC(=O)C2CC2)cc1. The first-order valence-electron chi connectivity index (χ1n) is 10.8. The lowest BCUT2D eigenvalue weighted by Crippen LogP contribution is -2.48. The second-order valence-electron chi connectivity index (χ2n) is 8.20. The summed E-state index contributed by atoms with van der Waals surface area (Å²) in [7, 11) is 0. The molecule has 0 radical (unpaired) electrons. The molecule has 2 N–H and O–H groups in total. The summed E-state index contributed by atoms with van der Waals surface area (Å²) in [5.41, 5.74) is 2.72. The molecule has 158 valence electrons. The van der Waals surface area contributed by atoms with E-state index >= 15 is 0 Å². The molecule has 0 atom stereocenters. The molecule has 1 heterocycles. The number of hydrogen-bond acceptors (Lipinski definition) is 4. The lowest BCUT2D eigenvalue weighted by Gasteiger charge is -2.34. The molecule has 2 aliphatic rings. The largest absolute Gasteiger partial charge is 0.351 e. The molecule has 30 heavy (non-hydrogen) atoms. The van der Waals surface area contributed by atoms with Gasteiger partial charge in [-0.2, -0.15) is 0 Å². The fraction of sp³-hybridized carbons (Fsp3) is 0.417. The second kappa shape index (κ2) is 9.87. The van der Waals surface area contributed by atoms with E-state index in [2.05, 4.69) is 50.8 Å². The third kappa shape index (κ3) is 5.90. The molecule has 0 bridgehead atoms. The number of anilines is 1. The van der Waals surface area contributed by atoms with Gasteiger partial charge < -0.3 is 10.6 Å². The number of nitrogens with one attached hydrogen (secondary N) is 2. The minimum Gasteiger partial charge on any atom is -0.351 e. The number of carbonyl (C=O) groups excluding carboxylic acids is 2. The van der Waals surface area contributed by atoms with Crippen molar-refractivity contribution in [1.82, 2.24) is 15.1 Å². The Balaban J connectivity index is 1.14. The molecule has 0 aromatic heterocycles. The van der Waals surface area contributed by atoms with Crippen molar-refractivity contribution < 1.29 is 9.59 Å². The molecule has 1 saturated carbocycles. The van der Waals surface area contributed by atoms with E-state index in [4.69, 9.17) is 0 Å². The lowest BCUT2D eigenvalue weighted by molar-refractivity contribution is -0.117. The van der Waals surface area contributed by atoms with Gasteiger partial charge in [0.15, 0.2) is 0 Å². The third-order valence-electron chi connectivity index (χ3n) is 5.79. The Morgan fingerprint density at radius 3 is 2.20 bits per heavy atom. The van der Waals surface area contributed by atoms with Gasteiger partial charge in [-0.25, -0.2) is 0 Å². The number of hydrogen-bond donors (Lipinski definition) is 2. The van der Waals surface area contributed by atoms with Gasteiger partial charge in [0.25, 0.3) is 5.91 Å². The Labute approximate surface area is 178 Å². The molecule has 0 unspecified atom stereocenters.